The van der Waals surface area contributed by atoms with E-state index >= 15 is 0 Å². The molecule has 1 atom stereocenters. The molecule has 0 saturated carbocycles. The fourth-order valence-electron chi connectivity index (χ4n) is 2.24. The number of aryl methyl sites for hydroxylation is 2. The minimum Gasteiger partial charge on any atom is -0.289 e. The van der Waals surface area contributed by atoms with Crippen molar-refractivity contribution >= 4 is 6.21 Å². The van der Waals surface area contributed by atoms with Gasteiger partial charge in [0.25, 0.3) is 0 Å². The van der Waals surface area contributed by atoms with Gasteiger partial charge in [0.1, 0.15) is 0 Å². The van der Waals surface area contributed by atoms with Gasteiger partial charge in [-0.1, -0.05) is 20.8 Å². The van der Waals surface area contributed by atoms with Crippen LogP contribution in [0.15, 0.2) is 4.99 Å². The molecule has 2 heteroatoms. The van der Waals surface area contributed by atoms with Crippen molar-refractivity contribution in [1.82, 2.24) is 4.98 Å². The maximum atomic E-state index is 4.74. The predicted molar refractivity (Wildman–Crippen MR) is 79.8 cm³/mol. The SMILES string of the molecule is CCc1nc(C)c(C=NC(C)CC)c(C)c1CC. The Hall–Kier alpha value is -1.18. The molecule has 0 bridgehead atoms. The summed E-state index contributed by atoms with van der Waals surface area (Å²) >= 11 is 0. The second-order valence-corrected chi connectivity index (χ2v) is 4.90. The number of pyridine rings is 1. The predicted octanol–water partition coefficient (Wildman–Crippen LogP) is 4.04. The monoisotopic (exact) mass is 246 g/mol. The molecule has 0 amide bonds. The smallest absolute Gasteiger partial charge is 0.0469 e. The number of aromatic nitrogens is 1. The Morgan fingerprint density at radius 3 is 2.33 bits per heavy atom. The molecule has 18 heavy (non-hydrogen) atoms. The average molecular weight is 246 g/mol. The maximum absolute atomic E-state index is 4.74. The highest BCUT2D eigenvalue weighted by molar-refractivity contribution is 5.83. The molecule has 0 aliphatic heterocycles. The zero-order chi connectivity index (χ0) is 13.7. The summed E-state index contributed by atoms with van der Waals surface area (Å²) in [5, 5.41) is 0. The van der Waals surface area contributed by atoms with Crippen LogP contribution in [0, 0.1) is 13.8 Å². The largest absolute Gasteiger partial charge is 0.289 e. The van der Waals surface area contributed by atoms with Crippen molar-refractivity contribution in [2.75, 3.05) is 0 Å². The molecule has 0 aliphatic carbocycles. The molecular weight excluding hydrogens is 220 g/mol. The van der Waals surface area contributed by atoms with E-state index in [1.54, 1.807) is 0 Å². The molecule has 0 saturated heterocycles. The summed E-state index contributed by atoms with van der Waals surface area (Å²) in [4.78, 5) is 9.34. The Labute approximate surface area is 112 Å². The Bertz CT molecular complexity index is 433. The summed E-state index contributed by atoms with van der Waals surface area (Å²) in [6, 6.07) is 0.389. The van der Waals surface area contributed by atoms with Crippen molar-refractivity contribution < 1.29 is 0 Å². The topological polar surface area (TPSA) is 25.2 Å². The highest BCUT2D eigenvalue weighted by Gasteiger charge is 2.11. The van der Waals surface area contributed by atoms with Crippen molar-refractivity contribution in [1.29, 1.82) is 0 Å². The quantitative estimate of drug-likeness (QED) is 0.720. The molecule has 0 N–H and O–H groups in total. The Morgan fingerprint density at radius 1 is 1.17 bits per heavy atom. The third-order valence-corrected chi connectivity index (χ3v) is 3.63. The first-order valence-corrected chi connectivity index (χ1v) is 7.07. The fraction of sp³-hybridized carbons (Fsp3) is 0.625. The summed E-state index contributed by atoms with van der Waals surface area (Å²) in [7, 11) is 0. The molecule has 0 aliphatic rings. The van der Waals surface area contributed by atoms with Crippen LogP contribution in [0.4, 0.5) is 0 Å². The number of hydrogen-bond donors (Lipinski definition) is 0. The molecule has 1 aromatic heterocycles. The van der Waals surface area contributed by atoms with E-state index in [4.69, 9.17) is 4.98 Å². The zero-order valence-electron chi connectivity index (χ0n) is 12.7. The molecule has 1 rings (SSSR count). The minimum absolute atomic E-state index is 0.389. The van der Waals surface area contributed by atoms with Gasteiger partial charge >= 0.3 is 0 Å². The molecule has 1 aromatic rings. The van der Waals surface area contributed by atoms with Crippen LogP contribution in [0.5, 0.6) is 0 Å². The van der Waals surface area contributed by atoms with Crippen molar-refractivity contribution in [3.05, 3.63) is 28.1 Å². The van der Waals surface area contributed by atoms with Crippen LogP contribution in [-0.2, 0) is 12.8 Å². The lowest BCUT2D eigenvalue weighted by molar-refractivity contribution is 0.720. The van der Waals surface area contributed by atoms with Crippen molar-refractivity contribution in [3.8, 4) is 0 Å². The molecular formula is C16H26N2. The van der Waals surface area contributed by atoms with E-state index < -0.39 is 0 Å². The van der Waals surface area contributed by atoms with Crippen molar-refractivity contribution in [3.63, 3.8) is 0 Å². The molecule has 0 aromatic carbocycles. The molecule has 0 radical (unpaired) electrons. The second kappa shape index (κ2) is 6.67. The Kier molecular flexibility index (Phi) is 5.52. The van der Waals surface area contributed by atoms with Gasteiger partial charge in [-0.05, 0) is 51.2 Å². The molecule has 0 spiro atoms. The molecule has 2 nitrogen and oxygen atoms in total. The van der Waals surface area contributed by atoms with Crippen LogP contribution < -0.4 is 0 Å². The normalized spacial score (nSPS) is 13.2. The standard InChI is InChI=1S/C16H26N2/c1-7-11(4)17-10-15-12(5)14(8-2)16(9-3)18-13(15)6/h10-11H,7-9H2,1-6H3. The third kappa shape index (κ3) is 3.18. The summed E-state index contributed by atoms with van der Waals surface area (Å²) < 4.78 is 0. The molecule has 0 fully saturated rings. The van der Waals surface area contributed by atoms with Crippen molar-refractivity contribution in [2.45, 2.75) is 66.8 Å². The highest BCUT2D eigenvalue weighted by Crippen LogP contribution is 2.20. The lowest BCUT2D eigenvalue weighted by atomic mass is 9.97. The van der Waals surface area contributed by atoms with Gasteiger partial charge in [-0.25, -0.2) is 0 Å². The first-order chi connectivity index (χ1) is 8.54. The van der Waals surface area contributed by atoms with Crippen LogP contribution in [0.25, 0.3) is 0 Å². The van der Waals surface area contributed by atoms with Crippen LogP contribution in [0.1, 0.15) is 62.2 Å². The van der Waals surface area contributed by atoms with Crippen LogP contribution in [0.3, 0.4) is 0 Å². The average Bonchev–Trinajstić information content (AvgIpc) is 2.37. The lowest BCUT2D eigenvalue weighted by Gasteiger charge is -2.14. The van der Waals surface area contributed by atoms with Gasteiger partial charge in [0.05, 0.1) is 0 Å². The number of nitrogens with zero attached hydrogens (tertiary/aromatic N) is 2. The number of hydrogen-bond acceptors (Lipinski definition) is 2. The Morgan fingerprint density at radius 2 is 1.83 bits per heavy atom. The summed E-state index contributed by atoms with van der Waals surface area (Å²) in [5.41, 5.74) is 6.31. The van der Waals surface area contributed by atoms with Gasteiger partial charge in [0.15, 0.2) is 0 Å². The fourth-order valence-corrected chi connectivity index (χ4v) is 2.24. The van der Waals surface area contributed by atoms with Gasteiger partial charge in [0, 0.05) is 29.2 Å². The van der Waals surface area contributed by atoms with Gasteiger partial charge in [-0.3, -0.25) is 9.98 Å². The van der Waals surface area contributed by atoms with E-state index in [2.05, 4.69) is 46.5 Å². The summed E-state index contributed by atoms with van der Waals surface area (Å²) in [6.45, 7) is 13.0. The van der Waals surface area contributed by atoms with E-state index in [1.165, 1.54) is 22.4 Å². The van der Waals surface area contributed by atoms with Gasteiger partial charge in [-0.15, -0.1) is 0 Å². The number of aliphatic imine (C=N–C) groups is 1. The highest BCUT2D eigenvalue weighted by atomic mass is 14.8. The van der Waals surface area contributed by atoms with E-state index in [0.717, 1.165) is 25.0 Å². The Balaban J connectivity index is 3.24. The maximum Gasteiger partial charge on any atom is 0.0469 e. The van der Waals surface area contributed by atoms with Crippen molar-refractivity contribution in [2.24, 2.45) is 4.99 Å². The van der Waals surface area contributed by atoms with Gasteiger partial charge in [-0.2, -0.15) is 0 Å². The molecule has 1 heterocycles. The van der Waals surface area contributed by atoms with E-state index in [1.807, 2.05) is 6.21 Å². The van der Waals surface area contributed by atoms with E-state index in [-0.39, 0.29) is 0 Å². The number of rotatable bonds is 5. The first kappa shape index (κ1) is 14.9. The van der Waals surface area contributed by atoms with Gasteiger partial charge in [0.2, 0.25) is 0 Å². The molecule has 100 valence electrons. The molecule has 1 unspecified atom stereocenters. The minimum atomic E-state index is 0.389. The van der Waals surface area contributed by atoms with E-state index in [0.29, 0.717) is 6.04 Å². The lowest BCUT2D eigenvalue weighted by Crippen LogP contribution is -2.07. The van der Waals surface area contributed by atoms with E-state index in [9.17, 15) is 0 Å². The third-order valence-electron chi connectivity index (χ3n) is 3.63. The van der Waals surface area contributed by atoms with Crippen LogP contribution in [0.2, 0.25) is 0 Å². The summed E-state index contributed by atoms with van der Waals surface area (Å²) in [6.07, 6.45) is 5.15. The zero-order valence-corrected chi connectivity index (χ0v) is 12.7. The second-order valence-electron chi connectivity index (χ2n) is 4.90. The van der Waals surface area contributed by atoms with Crippen LogP contribution >= 0.6 is 0 Å². The summed E-state index contributed by atoms with van der Waals surface area (Å²) in [5.74, 6) is 0. The van der Waals surface area contributed by atoms with Gasteiger partial charge < -0.3 is 0 Å². The van der Waals surface area contributed by atoms with Crippen LogP contribution in [-0.4, -0.2) is 17.2 Å². The first-order valence-electron chi connectivity index (χ1n) is 7.07.